The van der Waals surface area contributed by atoms with Crippen LogP contribution in [0.4, 0.5) is 5.69 Å². The second-order valence-corrected chi connectivity index (χ2v) is 8.47. The predicted octanol–water partition coefficient (Wildman–Crippen LogP) is 6.78. The van der Waals surface area contributed by atoms with Crippen LogP contribution in [-0.2, 0) is 4.79 Å². The van der Waals surface area contributed by atoms with E-state index in [2.05, 4.69) is 63.5 Å². The topological polar surface area (TPSA) is 41.1 Å². The van der Waals surface area contributed by atoms with Crippen molar-refractivity contribution in [2.75, 3.05) is 11.9 Å². The highest BCUT2D eigenvalue weighted by atomic mass is 16.2. The van der Waals surface area contributed by atoms with E-state index in [4.69, 9.17) is 0 Å². The molecule has 2 N–H and O–H groups in total. The van der Waals surface area contributed by atoms with E-state index in [1.165, 1.54) is 30.4 Å². The van der Waals surface area contributed by atoms with Gasteiger partial charge >= 0.3 is 0 Å². The molecule has 1 unspecified atom stereocenters. The van der Waals surface area contributed by atoms with E-state index < -0.39 is 0 Å². The fourth-order valence-electron chi connectivity index (χ4n) is 3.70. The minimum atomic E-state index is -0.349. The average Bonchev–Trinajstić information content (AvgIpc) is 2.71. The van der Waals surface area contributed by atoms with Gasteiger partial charge in [0.15, 0.2) is 0 Å². The molecule has 3 heteroatoms. The van der Waals surface area contributed by atoms with Crippen molar-refractivity contribution in [3.05, 3.63) is 65.2 Å². The van der Waals surface area contributed by atoms with Gasteiger partial charge in [0.2, 0.25) is 5.91 Å². The highest BCUT2D eigenvalue weighted by molar-refractivity contribution is 5.97. The SMILES string of the molecule is CCCCCCNC(C(=O)Nc1c(C(C)C)cccc1C(C)C)c1ccccc1. The van der Waals surface area contributed by atoms with E-state index in [0.29, 0.717) is 11.8 Å². The Hall–Kier alpha value is -2.13. The molecule has 2 aromatic rings. The quantitative estimate of drug-likeness (QED) is 0.412. The Bertz CT molecular complexity index is 726. The van der Waals surface area contributed by atoms with Gasteiger partial charge in [-0.15, -0.1) is 0 Å². The Balaban J connectivity index is 2.25. The Morgan fingerprint density at radius 1 is 0.828 bits per heavy atom. The zero-order valence-electron chi connectivity index (χ0n) is 18.8. The maximum absolute atomic E-state index is 13.4. The van der Waals surface area contributed by atoms with Crippen LogP contribution in [0.2, 0.25) is 0 Å². The largest absolute Gasteiger partial charge is 0.324 e. The molecule has 2 rings (SSSR count). The summed E-state index contributed by atoms with van der Waals surface area (Å²) in [7, 11) is 0. The van der Waals surface area contributed by atoms with Gasteiger partial charge in [-0.25, -0.2) is 0 Å². The molecule has 0 aromatic heterocycles. The Labute approximate surface area is 177 Å². The summed E-state index contributed by atoms with van der Waals surface area (Å²) >= 11 is 0. The molecule has 158 valence electrons. The minimum absolute atomic E-state index is 0.0155. The smallest absolute Gasteiger partial charge is 0.246 e. The van der Waals surface area contributed by atoms with Crippen molar-refractivity contribution >= 4 is 11.6 Å². The van der Waals surface area contributed by atoms with Crippen LogP contribution in [0.5, 0.6) is 0 Å². The molecule has 3 nitrogen and oxygen atoms in total. The van der Waals surface area contributed by atoms with Crippen LogP contribution >= 0.6 is 0 Å². The van der Waals surface area contributed by atoms with Crippen LogP contribution in [0, 0.1) is 0 Å². The summed E-state index contributed by atoms with van der Waals surface area (Å²) in [6.45, 7) is 11.8. The Morgan fingerprint density at radius 3 is 2.00 bits per heavy atom. The lowest BCUT2D eigenvalue weighted by Gasteiger charge is -2.24. The van der Waals surface area contributed by atoms with E-state index in [1.807, 2.05) is 30.3 Å². The number of para-hydroxylation sites is 1. The van der Waals surface area contributed by atoms with Crippen LogP contribution in [0.25, 0.3) is 0 Å². The van der Waals surface area contributed by atoms with Gasteiger partial charge in [0.1, 0.15) is 6.04 Å². The molecule has 0 fully saturated rings. The standard InChI is InChI=1S/C26H38N2O/c1-6-7-8-12-18-27-24(21-14-10-9-11-15-21)26(29)28-25-22(19(2)3)16-13-17-23(25)20(4)5/h9-11,13-17,19-20,24,27H,6-8,12,18H2,1-5H3,(H,28,29). The lowest BCUT2D eigenvalue weighted by Crippen LogP contribution is -2.34. The molecule has 0 spiro atoms. The molecular weight excluding hydrogens is 356 g/mol. The third-order valence-electron chi connectivity index (χ3n) is 5.40. The number of carbonyl (C=O) groups excluding carboxylic acids is 1. The number of unbranched alkanes of at least 4 members (excludes halogenated alkanes) is 3. The first kappa shape index (κ1) is 23.2. The number of hydrogen-bond donors (Lipinski definition) is 2. The first-order chi connectivity index (χ1) is 14.0. The molecular formula is C26H38N2O. The van der Waals surface area contributed by atoms with Gasteiger partial charge in [0.05, 0.1) is 0 Å². The molecule has 0 saturated heterocycles. The fourth-order valence-corrected chi connectivity index (χ4v) is 3.70. The number of anilines is 1. The van der Waals surface area contributed by atoms with Crippen molar-refractivity contribution in [1.82, 2.24) is 5.32 Å². The lowest BCUT2D eigenvalue weighted by molar-refractivity contribution is -0.118. The molecule has 0 aliphatic heterocycles. The fraction of sp³-hybridized carbons (Fsp3) is 0.500. The predicted molar refractivity (Wildman–Crippen MR) is 125 cm³/mol. The van der Waals surface area contributed by atoms with Crippen molar-refractivity contribution in [2.24, 2.45) is 0 Å². The summed E-state index contributed by atoms with van der Waals surface area (Å²) in [6.07, 6.45) is 4.74. The summed E-state index contributed by atoms with van der Waals surface area (Å²) in [4.78, 5) is 13.4. The number of nitrogens with one attached hydrogen (secondary N) is 2. The second kappa shape index (κ2) is 11.8. The van der Waals surface area contributed by atoms with Gasteiger partial charge in [-0.2, -0.15) is 0 Å². The molecule has 0 saturated carbocycles. The van der Waals surface area contributed by atoms with E-state index >= 15 is 0 Å². The summed E-state index contributed by atoms with van der Waals surface area (Å²) < 4.78 is 0. The maximum atomic E-state index is 13.4. The van der Waals surface area contributed by atoms with Crippen LogP contribution in [-0.4, -0.2) is 12.5 Å². The normalized spacial score (nSPS) is 12.4. The monoisotopic (exact) mass is 394 g/mol. The van der Waals surface area contributed by atoms with Crippen LogP contribution in [0.3, 0.4) is 0 Å². The summed E-state index contributed by atoms with van der Waals surface area (Å²) in [5, 5.41) is 6.79. The van der Waals surface area contributed by atoms with E-state index in [1.54, 1.807) is 0 Å². The van der Waals surface area contributed by atoms with Gasteiger partial charge in [-0.05, 0) is 41.5 Å². The van der Waals surface area contributed by atoms with Gasteiger partial charge < -0.3 is 10.6 Å². The molecule has 1 amide bonds. The number of benzene rings is 2. The first-order valence-corrected chi connectivity index (χ1v) is 11.2. The molecule has 0 radical (unpaired) electrons. The Kier molecular flexibility index (Phi) is 9.40. The maximum Gasteiger partial charge on any atom is 0.246 e. The van der Waals surface area contributed by atoms with Gasteiger partial charge in [-0.3, -0.25) is 4.79 Å². The van der Waals surface area contributed by atoms with E-state index in [9.17, 15) is 4.79 Å². The number of amides is 1. The zero-order chi connectivity index (χ0) is 21.2. The van der Waals surface area contributed by atoms with Crippen LogP contribution in [0.15, 0.2) is 48.5 Å². The van der Waals surface area contributed by atoms with Crippen molar-refractivity contribution < 1.29 is 4.79 Å². The number of rotatable bonds is 11. The van der Waals surface area contributed by atoms with Crippen LogP contribution in [0.1, 0.15) is 94.9 Å². The van der Waals surface area contributed by atoms with Gasteiger partial charge in [-0.1, -0.05) is 102 Å². The minimum Gasteiger partial charge on any atom is -0.324 e. The molecule has 0 aliphatic carbocycles. The van der Waals surface area contributed by atoms with Gasteiger partial charge in [0.25, 0.3) is 0 Å². The van der Waals surface area contributed by atoms with E-state index in [0.717, 1.165) is 24.2 Å². The van der Waals surface area contributed by atoms with Crippen molar-refractivity contribution in [3.8, 4) is 0 Å². The highest BCUT2D eigenvalue weighted by Crippen LogP contribution is 2.33. The highest BCUT2D eigenvalue weighted by Gasteiger charge is 2.23. The molecule has 2 aromatic carbocycles. The van der Waals surface area contributed by atoms with Crippen molar-refractivity contribution in [3.63, 3.8) is 0 Å². The third kappa shape index (κ3) is 6.71. The molecule has 1 atom stereocenters. The Morgan fingerprint density at radius 2 is 1.45 bits per heavy atom. The van der Waals surface area contributed by atoms with Crippen LogP contribution < -0.4 is 10.6 Å². The second-order valence-electron chi connectivity index (χ2n) is 8.47. The summed E-state index contributed by atoms with van der Waals surface area (Å²) in [6, 6.07) is 16.0. The number of carbonyl (C=O) groups is 1. The third-order valence-corrected chi connectivity index (χ3v) is 5.40. The summed E-state index contributed by atoms with van der Waals surface area (Å²) in [5.74, 6) is 0.712. The molecule has 0 aliphatic rings. The number of hydrogen-bond acceptors (Lipinski definition) is 2. The van der Waals surface area contributed by atoms with Crippen molar-refractivity contribution in [2.45, 2.75) is 78.2 Å². The molecule has 0 bridgehead atoms. The molecule has 0 heterocycles. The lowest BCUT2D eigenvalue weighted by atomic mass is 9.92. The molecule has 29 heavy (non-hydrogen) atoms. The zero-order valence-corrected chi connectivity index (χ0v) is 18.8. The van der Waals surface area contributed by atoms with Crippen molar-refractivity contribution in [1.29, 1.82) is 0 Å². The first-order valence-electron chi connectivity index (χ1n) is 11.2. The summed E-state index contributed by atoms with van der Waals surface area (Å²) in [5.41, 5.74) is 4.38. The average molecular weight is 395 g/mol. The van der Waals surface area contributed by atoms with Gasteiger partial charge in [0, 0.05) is 5.69 Å². The van der Waals surface area contributed by atoms with E-state index in [-0.39, 0.29) is 11.9 Å².